The monoisotopic (exact) mass is 856 g/mol. The number of unbranched alkanes of at least 4 members (excludes halogenated alkanes) is 40. The van der Waals surface area contributed by atoms with Crippen molar-refractivity contribution in [3.8, 4) is 0 Å². The highest BCUT2D eigenvalue weighted by Gasteiger charge is 2.18. The van der Waals surface area contributed by atoms with Crippen LogP contribution < -0.4 is 5.32 Å². The topological polar surface area (TPSA) is 69.6 Å². The molecule has 360 valence electrons. The summed E-state index contributed by atoms with van der Waals surface area (Å²) in [5.41, 5.74) is 0. The maximum absolute atomic E-state index is 12.4. The predicted octanol–water partition coefficient (Wildman–Crippen LogP) is 18.1. The van der Waals surface area contributed by atoms with Gasteiger partial charge in [0.1, 0.15) is 0 Å². The van der Waals surface area contributed by atoms with Gasteiger partial charge in [-0.25, -0.2) is 0 Å². The molecule has 0 saturated carbocycles. The Kier molecular flexibility index (Phi) is 51.7. The van der Waals surface area contributed by atoms with Crippen molar-refractivity contribution in [2.24, 2.45) is 0 Å². The zero-order valence-electron chi connectivity index (χ0n) is 41.4. The minimum absolute atomic E-state index is 0.0733. The van der Waals surface area contributed by atoms with Crippen molar-refractivity contribution < 1.29 is 15.0 Å². The fourth-order valence-electron chi connectivity index (χ4n) is 8.63. The van der Waals surface area contributed by atoms with E-state index in [2.05, 4.69) is 43.5 Å². The summed E-state index contributed by atoms with van der Waals surface area (Å²) >= 11 is 0. The highest BCUT2D eigenvalue weighted by Crippen LogP contribution is 2.17. The standard InChI is InChI=1S/C57H109NO3/c1-3-5-7-9-11-13-15-17-19-20-21-22-23-24-25-26-27-28-29-30-31-32-33-34-35-36-37-39-41-43-45-47-49-51-53-57(61)58-55(54-59)56(60)52-50-48-46-44-42-40-38-18-16-14-12-10-8-6-4-2/h16,18,42,44,50,52,55-56,59-60H,3-15,17,19-41,43,45-49,51,53-54H2,1-2H3,(H,58,61)/b18-16+,44-42+,52-50+. The van der Waals surface area contributed by atoms with E-state index >= 15 is 0 Å². The molecular weight excluding hydrogens is 747 g/mol. The van der Waals surface area contributed by atoms with Crippen molar-refractivity contribution in [1.29, 1.82) is 0 Å². The molecule has 0 fully saturated rings. The maximum Gasteiger partial charge on any atom is 0.220 e. The molecule has 4 nitrogen and oxygen atoms in total. The van der Waals surface area contributed by atoms with Crippen LogP contribution >= 0.6 is 0 Å². The number of carbonyl (C=O) groups excluding carboxylic acids is 1. The number of hydrogen-bond donors (Lipinski definition) is 3. The quantitative estimate of drug-likeness (QED) is 0.0422. The molecule has 0 spiro atoms. The van der Waals surface area contributed by atoms with E-state index in [0.29, 0.717) is 6.42 Å². The van der Waals surface area contributed by atoms with Crippen LogP contribution in [0.1, 0.15) is 303 Å². The molecule has 0 aliphatic rings. The minimum Gasteiger partial charge on any atom is -0.394 e. The van der Waals surface area contributed by atoms with Crippen LogP contribution in [-0.4, -0.2) is 34.9 Å². The summed E-state index contributed by atoms with van der Waals surface area (Å²) in [6.07, 6.45) is 71.8. The van der Waals surface area contributed by atoms with E-state index in [-0.39, 0.29) is 12.5 Å². The van der Waals surface area contributed by atoms with Crippen LogP contribution in [0.4, 0.5) is 0 Å². The smallest absolute Gasteiger partial charge is 0.220 e. The predicted molar refractivity (Wildman–Crippen MR) is 272 cm³/mol. The van der Waals surface area contributed by atoms with E-state index in [1.165, 1.54) is 244 Å². The van der Waals surface area contributed by atoms with E-state index in [0.717, 1.165) is 38.5 Å². The van der Waals surface area contributed by atoms with Crippen LogP contribution in [0, 0.1) is 0 Å². The molecule has 0 aromatic heterocycles. The summed E-state index contributed by atoms with van der Waals surface area (Å²) in [5, 5.41) is 23.0. The summed E-state index contributed by atoms with van der Waals surface area (Å²) in [4.78, 5) is 12.4. The second-order valence-corrected chi connectivity index (χ2v) is 19.0. The van der Waals surface area contributed by atoms with Gasteiger partial charge in [-0.2, -0.15) is 0 Å². The Hall–Kier alpha value is -1.39. The molecular formula is C57H109NO3. The Morgan fingerprint density at radius 2 is 0.639 bits per heavy atom. The lowest BCUT2D eigenvalue weighted by Crippen LogP contribution is -2.45. The lowest BCUT2D eigenvalue weighted by Gasteiger charge is -2.19. The van der Waals surface area contributed by atoms with Crippen molar-refractivity contribution >= 4 is 5.91 Å². The van der Waals surface area contributed by atoms with E-state index in [1.54, 1.807) is 6.08 Å². The van der Waals surface area contributed by atoms with E-state index in [1.807, 2.05) is 6.08 Å². The van der Waals surface area contributed by atoms with Gasteiger partial charge in [-0.15, -0.1) is 0 Å². The molecule has 61 heavy (non-hydrogen) atoms. The van der Waals surface area contributed by atoms with Gasteiger partial charge in [-0.3, -0.25) is 4.79 Å². The molecule has 2 unspecified atom stereocenters. The number of aliphatic hydroxyl groups is 2. The molecule has 0 aliphatic heterocycles. The highest BCUT2D eigenvalue weighted by atomic mass is 16.3. The van der Waals surface area contributed by atoms with Gasteiger partial charge in [0.2, 0.25) is 5.91 Å². The van der Waals surface area contributed by atoms with Crippen LogP contribution in [0.3, 0.4) is 0 Å². The van der Waals surface area contributed by atoms with Gasteiger partial charge in [0, 0.05) is 6.42 Å². The molecule has 0 aliphatic carbocycles. The molecule has 1 amide bonds. The van der Waals surface area contributed by atoms with Crippen molar-refractivity contribution in [2.75, 3.05) is 6.61 Å². The summed E-state index contributed by atoms with van der Waals surface area (Å²) in [7, 11) is 0. The third-order valence-corrected chi connectivity index (χ3v) is 12.9. The molecule has 0 radical (unpaired) electrons. The number of nitrogens with one attached hydrogen (secondary N) is 1. The normalized spacial score (nSPS) is 13.0. The molecule has 0 saturated heterocycles. The summed E-state index contributed by atoms with van der Waals surface area (Å²) in [6, 6.07) is -0.643. The molecule has 3 N–H and O–H groups in total. The lowest BCUT2D eigenvalue weighted by molar-refractivity contribution is -0.123. The van der Waals surface area contributed by atoms with Gasteiger partial charge in [0.15, 0.2) is 0 Å². The molecule has 0 bridgehead atoms. The second kappa shape index (κ2) is 53.0. The fourth-order valence-corrected chi connectivity index (χ4v) is 8.63. The van der Waals surface area contributed by atoms with Crippen LogP contribution in [0.15, 0.2) is 36.5 Å². The van der Waals surface area contributed by atoms with Gasteiger partial charge in [0.25, 0.3) is 0 Å². The Morgan fingerprint density at radius 1 is 0.377 bits per heavy atom. The van der Waals surface area contributed by atoms with Gasteiger partial charge < -0.3 is 15.5 Å². The number of hydrogen-bond acceptors (Lipinski definition) is 3. The van der Waals surface area contributed by atoms with Crippen LogP contribution in [-0.2, 0) is 4.79 Å². The lowest BCUT2D eigenvalue weighted by atomic mass is 10.0. The summed E-state index contributed by atoms with van der Waals surface area (Å²) in [5.74, 6) is -0.0733. The van der Waals surface area contributed by atoms with Crippen molar-refractivity contribution in [2.45, 2.75) is 315 Å². The Labute approximate surface area is 382 Å². The number of carbonyl (C=O) groups is 1. The highest BCUT2D eigenvalue weighted by molar-refractivity contribution is 5.76. The minimum atomic E-state index is -0.868. The van der Waals surface area contributed by atoms with Gasteiger partial charge in [-0.1, -0.05) is 288 Å². The van der Waals surface area contributed by atoms with Crippen LogP contribution in [0.5, 0.6) is 0 Å². The first kappa shape index (κ1) is 59.6. The van der Waals surface area contributed by atoms with Crippen LogP contribution in [0.2, 0.25) is 0 Å². The first-order valence-corrected chi connectivity index (χ1v) is 27.7. The average molecular weight is 857 g/mol. The number of allylic oxidation sites excluding steroid dienone is 5. The van der Waals surface area contributed by atoms with E-state index in [9.17, 15) is 15.0 Å². The molecule has 2 atom stereocenters. The van der Waals surface area contributed by atoms with E-state index in [4.69, 9.17) is 0 Å². The summed E-state index contributed by atoms with van der Waals surface area (Å²) < 4.78 is 0. The van der Waals surface area contributed by atoms with Crippen molar-refractivity contribution in [3.63, 3.8) is 0 Å². The third kappa shape index (κ3) is 49.5. The molecule has 0 heterocycles. The average Bonchev–Trinajstić information content (AvgIpc) is 3.26. The zero-order chi connectivity index (χ0) is 44.2. The second-order valence-electron chi connectivity index (χ2n) is 19.0. The molecule has 4 heteroatoms. The fraction of sp³-hybridized carbons (Fsp3) is 0.877. The van der Waals surface area contributed by atoms with Gasteiger partial charge in [0.05, 0.1) is 18.8 Å². The Balaban J connectivity index is 3.42. The SMILES string of the molecule is CCCCCCC/C=C/CC/C=C/CC/C=C/C(O)C(CO)NC(=O)CCCCCCCCCCCCCCCCCCCCCCCCCCCCCCCCCCCC. The van der Waals surface area contributed by atoms with Crippen molar-refractivity contribution in [3.05, 3.63) is 36.5 Å². The molecule has 0 aromatic carbocycles. The van der Waals surface area contributed by atoms with Gasteiger partial charge >= 0.3 is 0 Å². The number of aliphatic hydroxyl groups excluding tert-OH is 2. The maximum atomic E-state index is 12.4. The molecule has 0 aromatic rings. The zero-order valence-corrected chi connectivity index (χ0v) is 41.4. The number of rotatable bonds is 51. The van der Waals surface area contributed by atoms with E-state index < -0.39 is 12.1 Å². The Bertz CT molecular complexity index is 928. The third-order valence-electron chi connectivity index (χ3n) is 12.9. The molecule has 0 rings (SSSR count). The first-order valence-electron chi connectivity index (χ1n) is 27.7. The van der Waals surface area contributed by atoms with Crippen LogP contribution in [0.25, 0.3) is 0 Å². The first-order chi connectivity index (χ1) is 30.2. The largest absolute Gasteiger partial charge is 0.394 e. The summed E-state index contributed by atoms with van der Waals surface area (Å²) in [6.45, 7) is 4.30. The van der Waals surface area contributed by atoms with Crippen molar-refractivity contribution in [1.82, 2.24) is 5.32 Å². The van der Waals surface area contributed by atoms with Gasteiger partial charge in [-0.05, 0) is 44.9 Å². The Morgan fingerprint density at radius 3 is 0.951 bits per heavy atom. The number of amides is 1.